The molecule has 1 unspecified atom stereocenters. The van der Waals surface area contributed by atoms with E-state index in [2.05, 4.69) is 0 Å². The second kappa shape index (κ2) is 9.15. The molecule has 0 aliphatic carbocycles. The summed E-state index contributed by atoms with van der Waals surface area (Å²) in [5.41, 5.74) is 0.0487. The van der Waals surface area contributed by atoms with Gasteiger partial charge in [-0.3, -0.25) is 14.5 Å². The summed E-state index contributed by atoms with van der Waals surface area (Å²) < 4.78 is 38.5. The fourth-order valence-electron chi connectivity index (χ4n) is 3.93. The van der Waals surface area contributed by atoms with E-state index in [1.165, 1.54) is 32.4 Å². The van der Waals surface area contributed by atoms with Crippen molar-refractivity contribution in [2.75, 3.05) is 19.1 Å². The van der Waals surface area contributed by atoms with Crippen LogP contribution in [-0.4, -0.2) is 31.0 Å². The van der Waals surface area contributed by atoms with E-state index in [1.807, 2.05) is 0 Å². The first-order chi connectivity index (χ1) is 16.3. The summed E-state index contributed by atoms with van der Waals surface area (Å²) in [7, 11) is 2.73. The molecular formula is C25H18ClF2NO5. The highest BCUT2D eigenvalue weighted by atomic mass is 35.5. The molecule has 1 aliphatic rings. The Hall–Kier alpha value is -3.91. The van der Waals surface area contributed by atoms with Gasteiger partial charge < -0.3 is 14.6 Å². The van der Waals surface area contributed by atoms with E-state index < -0.39 is 35.1 Å². The van der Waals surface area contributed by atoms with Crippen LogP contribution in [0.3, 0.4) is 0 Å². The number of ether oxygens (including phenoxy) is 2. The SMILES string of the molecule is COc1ccc(F)cc1/C(O)=C1\C(=O)C(=O)N(c2ccc(F)c(Cl)c2)C1c1ccccc1OC. The number of benzene rings is 3. The van der Waals surface area contributed by atoms with Crippen molar-refractivity contribution in [1.29, 1.82) is 0 Å². The molecular weight excluding hydrogens is 468 g/mol. The minimum Gasteiger partial charge on any atom is -0.507 e. The Balaban J connectivity index is 2.03. The van der Waals surface area contributed by atoms with E-state index in [9.17, 15) is 23.5 Å². The van der Waals surface area contributed by atoms with Crippen LogP contribution < -0.4 is 14.4 Å². The van der Waals surface area contributed by atoms with Gasteiger partial charge in [-0.1, -0.05) is 29.8 Å². The third kappa shape index (κ3) is 3.86. The second-order valence-corrected chi connectivity index (χ2v) is 7.76. The van der Waals surface area contributed by atoms with Crippen LogP contribution in [0.2, 0.25) is 5.02 Å². The molecule has 0 spiro atoms. The Morgan fingerprint density at radius 2 is 1.68 bits per heavy atom. The third-order valence-corrected chi connectivity index (χ3v) is 5.77. The van der Waals surface area contributed by atoms with Crippen molar-refractivity contribution in [3.63, 3.8) is 0 Å². The zero-order valence-electron chi connectivity index (χ0n) is 18.0. The summed E-state index contributed by atoms with van der Waals surface area (Å²) in [4.78, 5) is 27.5. The van der Waals surface area contributed by atoms with Crippen LogP contribution in [0.4, 0.5) is 14.5 Å². The molecule has 6 nitrogen and oxygen atoms in total. The topological polar surface area (TPSA) is 76.1 Å². The number of carbonyl (C=O) groups is 2. The van der Waals surface area contributed by atoms with Gasteiger partial charge in [-0.25, -0.2) is 8.78 Å². The molecule has 1 saturated heterocycles. The van der Waals surface area contributed by atoms with E-state index in [-0.39, 0.29) is 27.6 Å². The van der Waals surface area contributed by atoms with Crippen molar-refractivity contribution >= 4 is 34.7 Å². The van der Waals surface area contributed by atoms with E-state index in [1.54, 1.807) is 24.3 Å². The summed E-state index contributed by atoms with van der Waals surface area (Å²) in [6.07, 6.45) is 0. The second-order valence-electron chi connectivity index (χ2n) is 7.35. The van der Waals surface area contributed by atoms with Crippen molar-refractivity contribution in [2.24, 2.45) is 0 Å². The van der Waals surface area contributed by atoms with Crippen molar-refractivity contribution in [1.82, 2.24) is 0 Å². The van der Waals surface area contributed by atoms with Gasteiger partial charge >= 0.3 is 0 Å². The molecule has 1 heterocycles. The molecule has 174 valence electrons. The molecule has 0 saturated carbocycles. The molecule has 3 aromatic carbocycles. The number of para-hydroxylation sites is 1. The largest absolute Gasteiger partial charge is 0.507 e. The van der Waals surface area contributed by atoms with Crippen LogP contribution in [0.5, 0.6) is 11.5 Å². The molecule has 1 atom stereocenters. The van der Waals surface area contributed by atoms with E-state index in [0.29, 0.717) is 11.3 Å². The number of halogens is 3. The number of anilines is 1. The molecule has 9 heteroatoms. The van der Waals surface area contributed by atoms with E-state index in [4.69, 9.17) is 21.1 Å². The zero-order chi connectivity index (χ0) is 24.6. The number of amides is 1. The summed E-state index contributed by atoms with van der Waals surface area (Å²) >= 11 is 5.94. The van der Waals surface area contributed by atoms with Crippen LogP contribution in [-0.2, 0) is 9.59 Å². The lowest BCUT2D eigenvalue weighted by molar-refractivity contribution is -0.132. The Morgan fingerprint density at radius 3 is 2.35 bits per heavy atom. The highest BCUT2D eigenvalue weighted by molar-refractivity contribution is 6.52. The Bertz CT molecular complexity index is 1340. The average molecular weight is 486 g/mol. The Labute approximate surface area is 198 Å². The van der Waals surface area contributed by atoms with Gasteiger partial charge in [0.05, 0.1) is 36.4 Å². The Kier molecular flexibility index (Phi) is 6.26. The van der Waals surface area contributed by atoms with Crippen LogP contribution in [0.25, 0.3) is 5.76 Å². The monoisotopic (exact) mass is 485 g/mol. The maximum atomic E-state index is 14.0. The minimum atomic E-state index is -1.19. The number of aliphatic hydroxyl groups is 1. The van der Waals surface area contributed by atoms with Gasteiger partial charge in [-0.15, -0.1) is 0 Å². The van der Waals surface area contributed by atoms with Crippen LogP contribution in [0.1, 0.15) is 17.2 Å². The van der Waals surface area contributed by atoms with Gasteiger partial charge in [0.15, 0.2) is 0 Å². The predicted molar refractivity (Wildman–Crippen MR) is 122 cm³/mol. The number of hydrogen-bond acceptors (Lipinski definition) is 5. The van der Waals surface area contributed by atoms with E-state index >= 15 is 0 Å². The molecule has 34 heavy (non-hydrogen) atoms. The van der Waals surface area contributed by atoms with Crippen LogP contribution in [0, 0.1) is 11.6 Å². The van der Waals surface area contributed by atoms with Gasteiger partial charge in [-0.2, -0.15) is 0 Å². The van der Waals surface area contributed by atoms with Gasteiger partial charge in [-0.05, 0) is 42.5 Å². The maximum absolute atomic E-state index is 14.0. The number of Topliss-reactive ketones (excluding diaryl/α,β-unsaturated/α-hetero) is 1. The average Bonchev–Trinajstić information content (AvgIpc) is 3.10. The standard InChI is InChI=1S/C25H18ClF2NO5/c1-33-19-6-4-3-5-15(19)22-21(23(30)16-11-13(27)7-10-20(16)34-2)24(31)25(32)29(22)14-8-9-18(28)17(26)12-14/h3-12,22,30H,1-2H3/b23-21+. The number of carbonyl (C=O) groups excluding carboxylic acids is 2. The molecule has 1 fully saturated rings. The summed E-state index contributed by atoms with van der Waals surface area (Å²) in [5, 5.41) is 11.0. The van der Waals surface area contributed by atoms with Gasteiger partial charge in [0.1, 0.15) is 28.9 Å². The first-order valence-electron chi connectivity index (χ1n) is 10.0. The number of methoxy groups -OCH3 is 2. The molecule has 1 aliphatic heterocycles. The lowest BCUT2D eigenvalue weighted by Crippen LogP contribution is -2.29. The summed E-state index contributed by atoms with van der Waals surface area (Å²) in [5.74, 6) is -3.63. The number of aliphatic hydroxyl groups excluding tert-OH is 1. The molecule has 1 N–H and O–H groups in total. The van der Waals surface area contributed by atoms with E-state index in [0.717, 1.165) is 23.1 Å². The minimum absolute atomic E-state index is 0.0914. The highest BCUT2D eigenvalue weighted by Crippen LogP contribution is 2.46. The van der Waals surface area contributed by atoms with Crippen LogP contribution in [0.15, 0.2) is 66.2 Å². The molecule has 4 rings (SSSR count). The fourth-order valence-corrected chi connectivity index (χ4v) is 4.11. The lowest BCUT2D eigenvalue weighted by Gasteiger charge is -2.27. The fraction of sp³-hybridized carbons (Fsp3) is 0.120. The Morgan fingerprint density at radius 1 is 0.971 bits per heavy atom. The number of hydrogen-bond donors (Lipinski definition) is 1. The first kappa shape index (κ1) is 23.3. The summed E-state index contributed by atoms with van der Waals surface area (Å²) in [6, 6.07) is 12.4. The molecule has 1 amide bonds. The van der Waals surface area contributed by atoms with Gasteiger partial charge in [0, 0.05) is 11.3 Å². The lowest BCUT2D eigenvalue weighted by atomic mass is 9.94. The highest BCUT2D eigenvalue weighted by Gasteiger charge is 2.48. The van der Waals surface area contributed by atoms with Crippen molar-refractivity contribution in [2.45, 2.75) is 6.04 Å². The normalized spacial score (nSPS) is 17.2. The van der Waals surface area contributed by atoms with Crippen molar-refractivity contribution < 1.29 is 33.0 Å². The maximum Gasteiger partial charge on any atom is 0.300 e. The molecule has 0 bridgehead atoms. The van der Waals surface area contributed by atoms with Crippen molar-refractivity contribution in [3.05, 3.63) is 94.0 Å². The number of rotatable bonds is 5. The predicted octanol–water partition coefficient (Wildman–Crippen LogP) is 5.26. The van der Waals surface area contributed by atoms with Gasteiger partial charge in [0.25, 0.3) is 11.7 Å². The number of ketones is 1. The van der Waals surface area contributed by atoms with Crippen LogP contribution >= 0.6 is 11.6 Å². The quantitative estimate of drug-likeness (QED) is 0.303. The third-order valence-electron chi connectivity index (χ3n) is 5.48. The number of nitrogens with zero attached hydrogens (tertiary/aromatic N) is 1. The smallest absolute Gasteiger partial charge is 0.300 e. The van der Waals surface area contributed by atoms with Crippen molar-refractivity contribution in [3.8, 4) is 11.5 Å². The molecule has 0 aromatic heterocycles. The molecule has 0 radical (unpaired) electrons. The summed E-state index contributed by atoms with van der Waals surface area (Å²) in [6.45, 7) is 0. The molecule has 3 aromatic rings. The zero-order valence-corrected chi connectivity index (χ0v) is 18.8. The first-order valence-corrected chi connectivity index (χ1v) is 10.4. The van der Waals surface area contributed by atoms with Gasteiger partial charge in [0.2, 0.25) is 0 Å².